The van der Waals surface area contributed by atoms with Gasteiger partial charge in [0.1, 0.15) is 0 Å². The Morgan fingerprint density at radius 1 is 1.31 bits per heavy atom. The average Bonchev–Trinajstić information content (AvgIpc) is 2.47. The summed E-state index contributed by atoms with van der Waals surface area (Å²) in [6, 6.07) is 0. The molecule has 0 saturated carbocycles. The SMILES string of the molecule is CN1CCC2(CCOC2)C(F)(F)C1. The standard InChI is InChI=1S/C9H15F2NO/c1-12-4-2-8(3-5-13-7-8)9(10,11)6-12/h2-7H2,1H3. The molecule has 0 aromatic rings. The number of hydrogen-bond donors (Lipinski definition) is 0. The van der Waals surface area contributed by atoms with Crippen LogP contribution >= 0.6 is 0 Å². The van der Waals surface area contributed by atoms with Gasteiger partial charge in [-0.05, 0) is 26.4 Å². The summed E-state index contributed by atoms with van der Waals surface area (Å²) in [6.45, 7) is 1.39. The number of hydrogen-bond acceptors (Lipinski definition) is 2. The molecule has 13 heavy (non-hydrogen) atoms. The molecule has 0 aliphatic carbocycles. The highest BCUT2D eigenvalue weighted by Gasteiger charge is 2.57. The van der Waals surface area contributed by atoms with Crippen LogP contribution in [-0.4, -0.2) is 44.2 Å². The summed E-state index contributed by atoms with van der Waals surface area (Å²) in [5.41, 5.74) is -0.848. The molecule has 0 bridgehead atoms. The molecule has 0 N–H and O–H groups in total. The first-order valence-electron chi connectivity index (χ1n) is 4.70. The largest absolute Gasteiger partial charge is 0.381 e. The molecule has 0 aromatic carbocycles. The van der Waals surface area contributed by atoms with Crippen molar-refractivity contribution < 1.29 is 13.5 Å². The summed E-state index contributed by atoms with van der Waals surface area (Å²) < 4.78 is 32.5. The minimum absolute atomic E-state index is 0.115. The first-order valence-corrected chi connectivity index (χ1v) is 4.70. The summed E-state index contributed by atoms with van der Waals surface area (Å²) >= 11 is 0. The molecule has 0 radical (unpaired) electrons. The maximum atomic E-state index is 13.7. The number of alkyl halides is 2. The van der Waals surface area contributed by atoms with Crippen LogP contribution in [0.2, 0.25) is 0 Å². The summed E-state index contributed by atoms with van der Waals surface area (Å²) in [7, 11) is 1.75. The lowest BCUT2D eigenvalue weighted by atomic mass is 9.75. The Morgan fingerprint density at radius 3 is 2.62 bits per heavy atom. The van der Waals surface area contributed by atoms with Crippen LogP contribution in [0.15, 0.2) is 0 Å². The second-order valence-electron chi connectivity index (χ2n) is 4.28. The average molecular weight is 191 g/mol. The maximum Gasteiger partial charge on any atom is 0.268 e. The van der Waals surface area contributed by atoms with Crippen molar-refractivity contribution in [3.63, 3.8) is 0 Å². The molecular formula is C9H15F2NO. The van der Waals surface area contributed by atoms with E-state index in [0.717, 1.165) is 6.54 Å². The van der Waals surface area contributed by atoms with Crippen molar-refractivity contribution in [3.8, 4) is 0 Å². The molecule has 0 amide bonds. The zero-order valence-corrected chi connectivity index (χ0v) is 7.85. The number of piperidine rings is 1. The topological polar surface area (TPSA) is 12.5 Å². The molecule has 2 saturated heterocycles. The van der Waals surface area contributed by atoms with Crippen molar-refractivity contribution in [1.29, 1.82) is 0 Å². The van der Waals surface area contributed by atoms with E-state index in [1.165, 1.54) is 0 Å². The second-order valence-corrected chi connectivity index (χ2v) is 4.28. The van der Waals surface area contributed by atoms with Gasteiger partial charge in [-0.25, -0.2) is 8.78 Å². The number of ether oxygens (including phenoxy) is 1. The van der Waals surface area contributed by atoms with Crippen LogP contribution in [0.25, 0.3) is 0 Å². The van der Waals surface area contributed by atoms with Gasteiger partial charge in [0.25, 0.3) is 5.92 Å². The van der Waals surface area contributed by atoms with E-state index in [4.69, 9.17) is 4.74 Å². The van der Waals surface area contributed by atoms with Gasteiger partial charge in [0.2, 0.25) is 0 Å². The van der Waals surface area contributed by atoms with E-state index in [1.54, 1.807) is 11.9 Å². The van der Waals surface area contributed by atoms with Crippen molar-refractivity contribution in [2.45, 2.75) is 18.8 Å². The summed E-state index contributed by atoms with van der Waals surface area (Å²) in [4.78, 5) is 1.70. The number of likely N-dealkylation sites (tertiary alicyclic amines) is 1. The van der Waals surface area contributed by atoms with E-state index in [0.29, 0.717) is 19.4 Å². The first kappa shape index (κ1) is 9.34. The van der Waals surface area contributed by atoms with Crippen LogP contribution in [0.4, 0.5) is 8.78 Å². The Hall–Kier alpha value is -0.220. The highest BCUT2D eigenvalue weighted by molar-refractivity contribution is 5.00. The van der Waals surface area contributed by atoms with Crippen molar-refractivity contribution in [1.82, 2.24) is 4.90 Å². The molecule has 76 valence electrons. The van der Waals surface area contributed by atoms with E-state index >= 15 is 0 Å². The number of nitrogens with zero attached hydrogens (tertiary/aromatic N) is 1. The number of halogens is 2. The van der Waals surface area contributed by atoms with Gasteiger partial charge in [0, 0.05) is 6.61 Å². The molecule has 0 aromatic heterocycles. The zero-order valence-electron chi connectivity index (χ0n) is 7.85. The van der Waals surface area contributed by atoms with E-state index < -0.39 is 11.3 Å². The number of rotatable bonds is 0. The monoisotopic (exact) mass is 191 g/mol. The molecule has 2 heterocycles. The third kappa shape index (κ3) is 1.36. The summed E-state index contributed by atoms with van der Waals surface area (Å²) in [5.74, 6) is -2.57. The van der Waals surface area contributed by atoms with Crippen LogP contribution in [0, 0.1) is 5.41 Å². The molecule has 1 unspecified atom stereocenters. The van der Waals surface area contributed by atoms with Crippen molar-refractivity contribution >= 4 is 0 Å². The highest BCUT2D eigenvalue weighted by Crippen LogP contribution is 2.48. The van der Waals surface area contributed by atoms with Gasteiger partial charge in [0.05, 0.1) is 18.6 Å². The van der Waals surface area contributed by atoms with Gasteiger partial charge in [-0.15, -0.1) is 0 Å². The smallest absolute Gasteiger partial charge is 0.268 e. The second kappa shape index (κ2) is 2.89. The molecule has 2 fully saturated rings. The quantitative estimate of drug-likeness (QED) is 0.573. The van der Waals surface area contributed by atoms with Crippen LogP contribution < -0.4 is 0 Å². The minimum Gasteiger partial charge on any atom is -0.381 e. The van der Waals surface area contributed by atoms with Crippen molar-refractivity contribution in [3.05, 3.63) is 0 Å². The Kier molecular flexibility index (Phi) is 2.07. The van der Waals surface area contributed by atoms with Gasteiger partial charge in [0.15, 0.2) is 0 Å². The fraction of sp³-hybridized carbons (Fsp3) is 1.00. The lowest BCUT2D eigenvalue weighted by Gasteiger charge is -2.43. The molecule has 1 spiro atoms. The predicted octanol–water partition coefficient (Wildman–Crippen LogP) is 1.36. The lowest BCUT2D eigenvalue weighted by Crippen LogP contribution is -2.55. The predicted molar refractivity (Wildman–Crippen MR) is 44.9 cm³/mol. The molecule has 2 aliphatic rings. The van der Waals surface area contributed by atoms with E-state index in [-0.39, 0.29) is 13.2 Å². The molecule has 2 nitrogen and oxygen atoms in total. The van der Waals surface area contributed by atoms with Gasteiger partial charge >= 0.3 is 0 Å². The molecule has 2 aliphatic heterocycles. The minimum atomic E-state index is -2.57. The molecule has 4 heteroatoms. The fourth-order valence-electron chi connectivity index (χ4n) is 2.27. The highest BCUT2D eigenvalue weighted by atomic mass is 19.3. The third-order valence-electron chi connectivity index (χ3n) is 3.32. The van der Waals surface area contributed by atoms with E-state index in [2.05, 4.69) is 0 Å². The van der Waals surface area contributed by atoms with E-state index in [9.17, 15) is 8.78 Å². The van der Waals surface area contributed by atoms with Gasteiger partial charge in [-0.3, -0.25) is 0 Å². The van der Waals surface area contributed by atoms with Gasteiger partial charge < -0.3 is 9.64 Å². The normalized spacial score (nSPS) is 39.9. The van der Waals surface area contributed by atoms with Crippen molar-refractivity contribution in [2.24, 2.45) is 5.41 Å². The Labute approximate surface area is 76.9 Å². The lowest BCUT2D eigenvalue weighted by molar-refractivity contribution is -0.164. The Balaban J connectivity index is 2.18. The molecular weight excluding hydrogens is 176 g/mol. The van der Waals surface area contributed by atoms with Gasteiger partial charge in [-0.2, -0.15) is 0 Å². The molecule has 2 rings (SSSR count). The van der Waals surface area contributed by atoms with Gasteiger partial charge in [-0.1, -0.05) is 0 Å². The molecule has 1 atom stereocenters. The first-order chi connectivity index (χ1) is 6.06. The third-order valence-corrected chi connectivity index (χ3v) is 3.32. The van der Waals surface area contributed by atoms with E-state index in [1.807, 2.05) is 0 Å². The van der Waals surface area contributed by atoms with Crippen molar-refractivity contribution in [2.75, 3.05) is 33.4 Å². The van der Waals surface area contributed by atoms with Crippen LogP contribution in [0.1, 0.15) is 12.8 Å². The van der Waals surface area contributed by atoms with Crippen LogP contribution in [0.5, 0.6) is 0 Å². The van der Waals surface area contributed by atoms with Crippen LogP contribution in [0.3, 0.4) is 0 Å². The summed E-state index contributed by atoms with van der Waals surface area (Å²) in [5, 5.41) is 0. The summed E-state index contributed by atoms with van der Waals surface area (Å²) in [6.07, 6.45) is 1.09. The maximum absolute atomic E-state index is 13.7. The Bertz CT molecular complexity index is 202. The Morgan fingerprint density at radius 2 is 2.08 bits per heavy atom. The fourth-order valence-corrected chi connectivity index (χ4v) is 2.27. The van der Waals surface area contributed by atoms with Crippen LogP contribution in [-0.2, 0) is 4.74 Å². The zero-order chi connectivity index (χ0) is 9.53.